The zero-order chi connectivity index (χ0) is 34.5. The van der Waals surface area contributed by atoms with Gasteiger partial charge in [0.25, 0.3) is 5.01 Å². The number of rotatable bonds is 19. The van der Waals surface area contributed by atoms with E-state index in [1.54, 1.807) is 36.5 Å². The Morgan fingerprint density at radius 2 is 1.90 bits per heavy atom. The van der Waals surface area contributed by atoms with Gasteiger partial charge in [0.05, 0.1) is 30.8 Å². The van der Waals surface area contributed by atoms with Gasteiger partial charge in [-0.1, -0.05) is 53.0 Å². The third-order valence-corrected chi connectivity index (χ3v) is 10.9. The van der Waals surface area contributed by atoms with E-state index in [1.165, 1.54) is 12.0 Å². The molecule has 2 heterocycles. The molecule has 1 unspecified atom stereocenters. The van der Waals surface area contributed by atoms with Crippen LogP contribution in [0, 0.1) is 0 Å². The summed E-state index contributed by atoms with van der Waals surface area (Å²) < 4.78 is 20.8. The summed E-state index contributed by atoms with van der Waals surface area (Å²) in [5.74, 6) is -1.90. The van der Waals surface area contributed by atoms with Gasteiger partial charge >= 0.3 is 5.97 Å². The topological polar surface area (TPSA) is 135 Å². The number of thioether (sulfide) groups is 1. The van der Waals surface area contributed by atoms with Gasteiger partial charge in [0.2, 0.25) is 5.52 Å². The van der Waals surface area contributed by atoms with E-state index >= 15 is 0 Å². The van der Waals surface area contributed by atoms with Crippen LogP contribution in [-0.2, 0) is 31.1 Å². The van der Waals surface area contributed by atoms with Gasteiger partial charge in [-0.2, -0.15) is 4.57 Å². The number of hydrogen-bond donors (Lipinski definition) is 3. The summed E-state index contributed by atoms with van der Waals surface area (Å²) in [6.45, 7) is 5.34. The minimum Gasteiger partial charge on any atom is -0.550 e. The van der Waals surface area contributed by atoms with E-state index in [9.17, 15) is 18.9 Å². The third-order valence-electron chi connectivity index (χ3n) is 7.16. The van der Waals surface area contributed by atoms with Crippen molar-refractivity contribution in [3.63, 3.8) is 0 Å². The number of carbonyl (C=O) groups is 2. The molecule has 10 nitrogen and oxygen atoms in total. The van der Waals surface area contributed by atoms with E-state index < -0.39 is 22.7 Å². The lowest BCUT2D eigenvalue weighted by Crippen LogP contribution is -2.41. The molecule has 0 amide bonds. The Hall–Kier alpha value is -3.24. The lowest BCUT2D eigenvalue weighted by Gasteiger charge is -2.21. The number of allylic oxidation sites excluding steroid dienone is 6. The van der Waals surface area contributed by atoms with Crippen LogP contribution in [0.3, 0.4) is 0 Å². The Bertz CT molecular complexity index is 1750. The molecule has 1 aliphatic heterocycles. The first-order valence-electron chi connectivity index (χ1n) is 15.3. The molecule has 1 aromatic heterocycles. The Balaban J connectivity index is 1.48. The fourth-order valence-corrected chi connectivity index (χ4v) is 8.01. The highest BCUT2D eigenvalue weighted by Gasteiger charge is 2.25. The average molecular weight is 729 g/mol. The molecule has 3 aromatic rings. The van der Waals surface area contributed by atoms with Gasteiger partial charge in [-0.3, -0.25) is 9.00 Å². The van der Waals surface area contributed by atoms with Crippen LogP contribution in [0.4, 0.5) is 5.69 Å². The maximum absolute atomic E-state index is 12.2. The quantitative estimate of drug-likeness (QED) is 0.0705. The van der Waals surface area contributed by atoms with Crippen molar-refractivity contribution < 1.29 is 32.8 Å². The van der Waals surface area contributed by atoms with Crippen LogP contribution in [0.1, 0.15) is 24.8 Å². The van der Waals surface area contributed by atoms with E-state index in [0.717, 1.165) is 46.2 Å². The first kappa shape index (κ1) is 37.6. The molecule has 2 aromatic carbocycles. The molecule has 256 valence electrons. The van der Waals surface area contributed by atoms with Gasteiger partial charge in [0.1, 0.15) is 4.70 Å². The molecule has 48 heavy (non-hydrogen) atoms. The van der Waals surface area contributed by atoms with E-state index in [-0.39, 0.29) is 12.8 Å². The number of fused-ring (bicyclic) bond motifs is 2. The number of thiazole rings is 1. The second-order valence-electron chi connectivity index (χ2n) is 10.7. The zero-order valence-electron chi connectivity index (χ0n) is 27.1. The highest BCUT2D eigenvalue weighted by atomic mass is 32.2. The Kier molecular flexibility index (Phi) is 14.9. The van der Waals surface area contributed by atoms with Crippen molar-refractivity contribution in [2.24, 2.45) is 0 Å². The number of hydrogen-bond acceptors (Lipinski definition) is 11. The molecule has 1 aliphatic rings. The molecule has 4 rings (SSSR count). The normalized spacial score (nSPS) is 14.9. The highest BCUT2D eigenvalue weighted by molar-refractivity contribution is 8.03. The third kappa shape index (κ3) is 11.2. The Labute approximate surface area is 296 Å². The predicted octanol–water partition coefficient (Wildman–Crippen LogP) is 4.34. The number of aromatic nitrogens is 1. The van der Waals surface area contributed by atoms with Crippen molar-refractivity contribution in [3.8, 4) is 0 Å². The molecular weight excluding hydrogens is 689 g/mol. The molecule has 0 bridgehead atoms. The molecule has 0 saturated heterocycles. The highest BCUT2D eigenvalue weighted by Crippen LogP contribution is 2.46. The minimum atomic E-state index is -1.10. The van der Waals surface area contributed by atoms with Crippen molar-refractivity contribution in [2.75, 3.05) is 51.0 Å². The number of benzene rings is 2. The second kappa shape index (κ2) is 19.1. The van der Waals surface area contributed by atoms with Crippen molar-refractivity contribution in [1.29, 1.82) is 0 Å². The molecule has 0 fully saturated rings. The Morgan fingerprint density at radius 3 is 2.65 bits per heavy atom. The van der Waals surface area contributed by atoms with Gasteiger partial charge in [-0.05, 0) is 49.8 Å². The summed E-state index contributed by atoms with van der Waals surface area (Å²) in [6, 6.07) is 12.1. The monoisotopic (exact) mass is 728 g/mol. The summed E-state index contributed by atoms with van der Waals surface area (Å²) in [6.07, 6.45) is 14.0. The average Bonchev–Trinajstić information content (AvgIpc) is 3.57. The maximum atomic E-state index is 12.2. The first-order valence-corrected chi connectivity index (χ1v) is 19.3. The van der Waals surface area contributed by atoms with Crippen LogP contribution in [0.25, 0.3) is 16.3 Å². The minimum absolute atomic E-state index is 0.0257. The number of carboxylic acids is 2. The van der Waals surface area contributed by atoms with Crippen LogP contribution in [0.15, 0.2) is 92.1 Å². The number of aliphatic carboxylic acids is 2. The first-order chi connectivity index (χ1) is 23.2. The van der Waals surface area contributed by atoms with Crippen LogP contribution in [0.2, 0.25) is 0 Å². The lowest BCUT2D eigenvalue weighted by atomic mass is 10.2. The number of anilines is 1. The van der Waals surface area contributed by atoms with Gasteiger partial charge < -0.3 is 34.7 Å². The zero-order valence-corrected chi connectivity index (χ0v) is 30.4. The summed E-state index contributed by atoms with van der Waals surface area (Å²) in [7, 11) is 0.544. The van der Waals surface area contributed by atoms with Crippen LogP contribution < -0.4 is 25.2 Å². The summed E-state index contributed by atoms with van der Waals surface area (Å²) in [5, 5.41) is 28.2. The number of carbonyl (C=O) groups excluding carboxylic acids is 1. The summed E-state index contributed by atoms with van der Waals surface area (Å²) >= 11 is 4.65. The predicted molar refractivity (Wildman–Crippen MR) is 194 cm³/mol. The standard InChI is InChI=1S/C34H40N4O6S4/c1-24(6-4-8-31-37(20-18-35-16-14-33(39)40)27-22-25(47-44-2)10-12-29(27)45-31)7-5-9-32-38(21-19-36-17-15-34(41)42)28-23-26(48(3)43)11-13-30(28)46-32/h4-13,22-23,35-36H,14-21H2,1-3H3,(H-,39,40,41,42). The van der Waals surface area contributed by atoms with Crippen molar-refractivity contribution >= 4 is 79.9 Å². The van der Waals surface area contributed by atoms with Crippen LogP contribution in [-0.4, -0.2) is 67.3 Å². The molecule has 0 radical (unpaired) electrons. The van der Waals surface area contributed by atoms with Gasteiger partial charge in [-0.15, -0.1) is 0 Å². The second-order valence-corrected chi connectivity index (χ2v) is 15.2. The Morgan fingerprint density at radius 1 is 1.10 bits per heavy atom. The largest absolute Gasteiger partial charge is 0.550 e. The fraction of sp³-hybridized carbons (Fsp3) is 0.324. The van der Waals surface area contributed by atoms with Crippen molar-refractivity contribution in [3.05, 3.63) is 82.4 Å². The van der Waals surface area contributed by atoms with E-state index in [0.29, 0.717) is 39.3 Å². The molecule has 1 atom stereocenters. The van der Waals surface area contributed by atoms with Crippen molar-refractivity contribution in [2.45, 2.75) is 41.0 Å². The van der Waals surface area contributed by atoms with Crippen molar-refractivity contribution in [1.82, 2.24) is 10.6 Å². The number of carboxylic acid groups (broad SMARTS) is 2. The van der Waals surface area contributed by atoms with Gasteiger partial charge in [0, 0.05) is 88.1 Å². The SMILES string of the molecule is COSc1ccc2sc(/C=C/C=C(C)/C=C/C=C3\Sc4ccc(S(C)=O)cc4N3CCNCCC(=O)O)[n+](CCNCCC(=O)[O-])c2c1. The molecule has 3 N–H and O–H groups in total. The van der Waals surface area contributed by atoms with Gasteiger partial charge in [-0.25, -0.2) is 0 Å². The van der Waals surface area contributed by atoms with Crippen LogP contribution >= 0.6 is 35.1 Å². The van der Waals surface area contributed by atoms with Crippen LogP contribution in [0.5, 0.6) is 0 Å². The summed E-state index contributed by atoms with van der Waals surface area (Å²) in [5.41, 5.74) is 3.15. The molecule has 0 aliphatic carbocycles. The van der Waals surface area contributed by atoms with E-state index in [2.05, 4.69) is 50.5 Å². The smallest absolute Gasteiger partial charge is 0.304 e. The number of nitrogens with zero attached hydrogens (tertiary/aromatic N) is 2. The lowest BCUT2D eigenvalue weighted by molar-refractivity contribution is -0.666. The fourth-order valence-electron chi connectivity index (χ4n) is 4.84. The van der Waals surface area contributed by atoms with E-state index in [4.69, 9.17) is 9.29 Å². The number of nitrogens with one attached hydrogen (secondary N) is 2. The molecule has 14 heteroatoms. The molecule has 0 spiro atoms. The molecule has 0 saturated carbocycles. The van der Waals surface area contributed by atoms with Gasteiger partial charge in [0.15, 0.2) is 6.54 Å². The maximum Gasteiger partial charge on any atom is 0.304 e. The molecular formula is C34H40N4O6S4. The van der Waals surface area contributed by atoms with E-state index in [1.807, 2.05) is 49.4 Å². The summed E-state index contributed by atoms with van der Waals surface area (Å²) in [4.78, 5) is 26.7.